The topological polar surface area (TPSA) is 125 Å². The highest BCUT2D eigenvalue weighted by atomic mass is 16.5. The van der Waals surface area contributed by atoms with E-state index in [4.69, 9.17) is 15.2 Å². The molecular weight excluding hydrogens is 328 g/mol. The molecule has 3 amide bonds. The number of benzene rings is 1. The smallest absolute Gasteiger partial charge is 0.412 e. The minimum absolute atomic E-state index is 0.0689. The third-order valence-corrected chi connectivity index (χ3v) is 3.32. The van der Waals surface area contributed by atoms with Crippen LogP contribution in [-0.2, 0) is 16.1 Å². The Labute approximate surface area is 143 Å². The molecule has 2 rings (SSSR count). The number of amides is 3. The lowest BCUT2D eigenvalue weighted by Crippen LogP contribution is -2.28. The molecule has 0 aliphatic carbocycles. The van der Waals surface area contributed by atoms with E-state index in [9.17, 15) is 14.4 Å². The van der Waals surface area contributed by atoms with Crippen LogP contribution in [0.3, 0.4) is 0 Å². The zero-order valence-electron chi connectivity index (χ0n) is 13.7. The van der Waals surface area contributed by atoms with Gasteiger partial charge in [0.2, 0.25) is 0 Å². The van der Waals surface area contributed by atoms with Crippen LogP contribution < -0.4 is 16.5 Å². The SMILES string of the molecule is COC(=O)c1c(NC(=O)OCc2ccccc2)cn(NC(N)=O)c1C. The molecule has 1 heterocycles. The van der Waals surface area contributed by atoms with Gasteiger partial charge in [-0.2, -0.15) is 0 Å². The van der Waals surface area contributed by atoms with E-state index >= 15 is 0 Å². The summed E-state index contributed by atoms with van der Waals surface area (Å²) >= 11 is 0. The maximum absolute atomic E-state index is 12.0. The van der Waals surface area contributed by atoms with Crippen molar-refractivity contribution in [2.45, 2.75) is 13.5 Å². The average molecular weight is 346 g/mol. The molecule has 0 unspecified atom stereocenters. The maximum atomic E-state index is 12.0. The Balaban J connectivity index is 2.15. The number of carbonyl (C=O) groups is 3. The van der Waals surface area contributed by atoms with E-state index in [0.717, 1.165) is 5.56 Å². The van der Waals surface area contributed by atoms with Crippen LogP contribution in [-0.4, -0.2) is 29.9 Å². The summed E-state index contributed by atoms with van der Waals surface area (Å²) in [6.45, 7) is 1.63. The lowest BCUT2D eigenvalue weighted by molar-refractivity contribution is 0.0601. The zero-order chi connectivity index (χ0) is 18.4. The number of aromatic nitrogens is 1. The van der Waals surface area contributed by atoms with E-state index < -0.39 is 18.1 Å². The second-order valence-electron chi connectivity index (χ2n) is 5.03. The predicted octanol–water partition coefficient (Wildman–Crippen LogP) is 1.95. The number of primary amides is 1. The molecule has 0 saturated carbocycles. The van der Waals surface area contributed by atoms with Crippen LogP contribution in [0.15, 0.2) is 36.5 Å². The summed E-state index contributed by atoms with van der Waals surface area (Å²) in [5.74, 6) is -0.680. The quantitative estimate of drug-likeness (QED) is 0.714. The third kappa shape index (κ3) is 4.50. The van der Waals surface area contributed by atoms with E-state index in [1.165, 1.54) is 18.0 Å². The lowest BCUT2D eigenvalue weighted by atomic mass is 10.2. The summed E-state index contributed by atoms with van der Waals surface area (Å²) in [5.41, 5.74) is 8.73. The first-order valence-electron chi connectivity index (χ1n) is 7.26. The second kappa shape index (κ2) is 7.86. The molecular formula is C16H18N4O5. The first-order chi connectivity index (χ1) is 11.9. The van der Waals surface area contributed by atoms with Gasteiger partial charge in [0.05, 0.1) is 24.7 Å². The Morgan fingerprint density at radius 2 is 1.88 bits per heavy atom. The van der Waals surface area contributed by atoms with Crippen molar-refractivity contribution in [3.63, 3.8) is 0 Å². The zero-order valence-corrected chi connectivity index (χ0v) is 13.7. The van der Waals surface area contributed by atoms with Crippen LogP contribution in [0.2, 0.25) is 0 Å². The highest BCUT2D eigenvalue weighted by Gasteiger charge is 2.22. The number of urea groups is 1. The minimum atomic E-state index is -0.826. The summed E-state index contributed by atoms with van der Waals surface area (Å²) < 4.78 is 11.0. The van der Waals surface area contributed by atoms with Crippen molar-refractivity contribution in [1.82, 2.24) is 4.68 Å². The first kappa shape index (κ1) is 17.9. The highest BCUT2D eigenvalue weighted by Crippen LogP contribution is 2.23. The Morgan fingerprint density at radius 1 is 1.20 bits per heavy atom. The van der Waals surface area contributed by atoms with E-state index in [1.54, 1.807) is 6.92 Å². The van der Waals surface area contributed by atoms with Crippen LogP contribution >= 0.6 is 0 Å². The number of esters is 1. The molecule has 4 N–H and O–H groups in total. The molecule has 0 aliphatic heterocycles. The van der Waals surface area contributed by atoms with Gasteiger partial charge in [-0.1, -0.05) is 30.3 Å². The van der Waals surface area contributed by atoms with Crippen LogP contribution in [0.1, 0.15) is 21.6 Å². The molecule has 2 aromatic rings. The normalized spacial score (nSPS) is 10.0. The lowest BCUT2D eigenvalue weighted by Gasteiger charge is -2.07. The largest absolute Gasteiger partial charge is 0.465 e. The number of hydrogen-bond donors (Lipinski definition) is 3. The van der Waals surface area contributed by atoms with Gasteiger partial charge in [-0.25, -0.2) is 19.8 Å². The molecule has 132 valence electrons. The molecule has 9 nitrogen and oxygen atoms in total. The van der Waals surface area contributed by atoms with Crippen molar-refractivity contribution in [3.8, 4) is 0 Å². The molecule has 0 aliphatic rings. The fraction of sp³-hybridized carbons (Fsp3) is 0.188. The minimum Gasteiger partial charge on any atom is -0.465 e. The van der Waals surface area contributed by atoms with Gasteiger partial charge >= 0.3 is 18.1 Å². The van der Waals surface area contributed by atoms with Crippen molar-refractivity contribution in [2.75, 3.05) is 17.9 Å². The van der Waals surface area contributed by atoms with Gasteiger partial charge in [0.15, 0.2) is 0 Å². The van der Waals surface area contributed by atoms with Gasteiger partial charge in [0.1, 0.15) is 12.2 Å². The van der Waals surface area contributed by atoms with Gasteiger partial charge in [-0.05, 0) is 12.5 Å². The van der Waals surface area contributed by atoms with E-state index in [1.807, 2.05) is 30.3 Å². The third-order valence-electron chi connectivity index (χ3n) is 3.32. The monoisotopic (exact) mass is 346 g/mol. The van der Waals surface area contributed by atoms with Crippen molar-refractivity contribution in [2.24, 2.45) is 5.73 Å². The average Bonchev–Trinajstić information content (AvgIpc) is 2.88. The molecule has 0 saturated heterocycles. The predicted molar refractivity (Wildman–Crippen MR) is 89.7 cm³/mol. The van der Waals surface area contributed by atoms with Crippen molar-refractivity contribution in [3.05, 3.63) is 53.3 Å². The number of nitrogens with one attached hydrogen (secondary N) is 2. The molecule has 1 aromatic carbocycles. The Hall–Kier alpha value is -3.49. The summed E-state index contributed by atoms with van der Waals surface area (Å²) in [6.07, 6.45) is 0.570. The number of nitrogens with zero attached hydrogens (tertiary/aromatic N) is 1. The second-order valence-corrected chi connectivity index (χ2v) is 5.03. The molecule has 0 radical (unpaired) electrons. The highest BCUT2D eigenvalue weighted by molar-refractivity contribution is 6.01. The van der Waals surface area contributed by atoms with Gasteiger partial charge < -0.3 is 15.2 Å². The van der Waals surface area contributed by atoms with Crippen molar-refractivity contribution in [1.29, 1.82) is 0 Å². The summed E-state index contributed by atoms with van der Waals surface area (Å²) in [4.78, 5) is 35.0. The van der Waals surface area contributed by atoms with Gasteiger partial charge in [-0.15, -0.1) is 0 Å². The molecule has 1 aromatic heterocycles. The Morgan fingerprint density at radius 3 is 2.48 bits per heavy atom. The molecule has 0 atom stereocenters. The first-order valence-corrected chi connectivity index (χ1v) is 7.26. The van der Waals surface area contributed by atoms with Gasteiger partial charge in [0.25, 0.3) is 0 Å². The number of rotatable bonds is 5. The van der Waals surface area contributed by atoms with E-state index in [0.29, 0.717) is 5.69 Å². The van der Waals surface area contributed by atoms with Gasteiger partial charge in [0, 0.05) is 0 Å². The molecule has 0 spiro atoms. The van der Waals surface area contributed by atoms with Crippen LogP contribution in [0.4, 0.5) is 15.3 Å². The van der Waals surface area contributed by atoms with Gasteiger partial charge in [-0.3, -0.25) is 9.99 Å². The Bertz CT molecular complexity index is 785. The number of hydrogen-bond acceptors (Lipinski definition) is 5. The number of carbonyl (C=O) groups excluding carboxylic acids is 3. The summed E-state index contributed by atoms with van der Waals surface area (Å²) in [6, 6.07) is 8.29. The molecule has 25 heavy (non-hydrogen) atoms. The fourth-order valence-electron chi connectivity index (χ4n) is 2.16. The molecule has 0 fully saturated rings. The van der Waals surface area contributed by atoms with Crippen LogP contribution in [0, 0.1) is 6.92 Å². The van der Waals surface area contributed by atoms with E-state index in [2.05, 4.69) is 10.7 Å². The molecule has 0 bridgehead atoms. The Kier molecular flexibility index (Phi) is 5.62. The summed E-state index contributed by atoms with van der Waals surface area (Å²) in [7, 11) is 1.21. The van der Waals surface area contributed by atoms with Crippen LogP contribution in [0.25, 0.3) is 0 Å². The molecule has 9 heteroatoms. The van der Waals surface area contributed by atoms with Crippen molar-refractivity contribution >= 4 is 23.8 Å². The van der Waals surface area contributed by atoms with Crippen molar-refractivity contribution < 1.29 is 23.9 Å². The number of ether oxygens (including phenoxy) is 2. The standard InChI is InChI=1S/C16H18N4O5/c1-10-13(14(21)24-2)12(8-20(10)19-15(17)22)18-16(23)25-9-11-6-4-3-5-7-11/h3-8H,9H2,1-2H3,(H,18,23)(H3,17,19,22). The summed E-state index contributed by atoms with van der Waals surface area (Å²) in [5, 5.41) is 2.46. The number of anilines is 1. The number of nitrogens with two attached hydrogens (primary N) is 1. The van der Waals surface area contributed by atoms with E-state index in [-0.39, 0.29) is 17.9 Å². The fourth-order valence-corrected chi connectivity index (χ4v) is 2.16. The number of methoxy groups -OCH3 is 1. The maximum Gasteiger partial charge on any atom is 0.412 e. The van der Waals surface area contributed by atoms with Crippen LogP contribution in [0.5, 0.6) is 0 Å².